The smallest absolute Gasteiger partial charge is 0.414 e. The van der Waals surface area contributed by atoms with Crippen LogP contribution in [-0.2, 0) is 22.7 Å². The third-order valence-electron chi connectivity index (χ3n) is 5.38. The molecule has 0 aliphatic carbocycles. The Morgan fingerprint density at radius 3 is 2.44 bits per heavy atom. The third kappa shape index (κ3) is 4.72. The Bertz CT molecular complexity index is 1080. The molecule has 0 bridgehead atoms. The lowest BCUT2D eigenvalue weighted by molar-refractivity contribution is -0.136. The van der Waals surface area contributed by atoms with Crippen LogP contribution in [0.4, 0.5) is 4.79 Å². The molecule has 1 aromatic heterocycles. The summed E-state index contributed by atoms with van der Waals surface area (Å²) < 4.78 is 7.38. The Morgan fingerprint density at radius 1 is 1.03 bits per heavy atom. The summed E-state index contributed by atoms with van der Waals surface area (Å²) in [5.74, 6) is -0.194. The van der Waals surface area contributed by atoms with Gasteiger partial charge in [-0.1, -0.05) is 56.3 Å². The molecule has 7 heteroatoms. The van der Waals surface area contributed by atoms with E-state index in [9.17, 15) is 9.59 Å². The number of hydrogen-bond donors (Lipinski definition) is 0. The van der Waals surface area contributed by atoms with Gasteiger partial charge in [-0.3, -0.25) is 9.69 Å². The first-order valence-electron chi connectivity index (χ1n) is 10.6. The summed E-state index contributed by atoms with van der Waals surface area (Å²) in [5.41, 5.74) is 2.89. The summed E-state index contributed by atoms with van der Waals surface area (Å²) in [4.78, 5) is 33.1. The van der Waals surface area contributed by atoms with Gasteiger partial charge >= 0.3 is 6.09 Å². The van der Waals surface area contributed by atoms with E-state index in [-0.39, 0.29) is 18.4 Å². The van der Waals surface area contributed by atoms with Gasteiger partial charge in [-0.2, -0.15) is 0 Å². The normalized spacial score (nSPS) is 16.0. The molecule has 1 aliphatic heterocycles. The van der Waals surface area contributed by atoms with Gasteiger partial charge in [0.15, 0.2) is 0 Å². The van der Waals surface area contributed by atoms with Crippen LogP contribution in [-0.4, -0.2) is 37.4 Å². The van der Waals surface area contributed by atoms with Crippen LogP contribution >= 0.6 is 0 Å². The third-order valence-corrected chi connectivity index (χ3v) is 5.38. The molecule has 2 aromatic carbocycles. The summed E-state index contributed by atoms with van der Waals surface area (Å²) in [7, 11) is 0. The molecule has 1 aliphatic rings. The predicted octanol–water partition coefficient (Wildman–Crippen LogP) is 4.35. The summed E-state index contributed by atoms with van der Waals surface area (Å²) >= 11 is 0. The average molecular weight is 431 g/mol. The lowest BCUT2D eigenvalue weighted by Gasteiger charge is -2.37. The van der Waals surface area contributed by atoms with Crippen LogP contribution in [0.1, 0.15) is 25.0 Å². The number of nitrogens with zero attached hydrogens (tertiary/aromatic N) is 4. The minimum Gasteiger partial charge on any atom is -0.444 e. The van der Waals surface area contributed by atoms with Crippen molar-refractivity contribution in [1.29, 1.82) is 0 Å². The summed E-state index contributed by atoms with van der Waals surface area (Å²) in [6.07, 6.45) is 8.11. The average Bonchev–Trinajstić information content (AvgIpc) is 3.34. The highest BCUT2D eigenvalue weighted by Crippen LogP contribution is 2.23. The van der Waals surface area contributed by atoms with Crippen molar-refractivity contribution >= 4 is 12.0 Å². The van der Waals surface area contributed by atoms with E-state index in [0.29, 0.717) is 6.54 Å². The number of aromatic nitrogens is 2. The fourth-order valence-electron chi connectivity index (χ4n) is 3.69. The van der Waals surface area contributed by atoms with Crippen molar-refractivity contribution < 1.29 is 14.3 Å². The van der Waals surface area contributed by atoms with Crippen molar-refractivity contribution in [2.45, 2.75) is 33.0 Å². The topological polar surface area (TPSA) is 67.7 Å². The molecule has 0 N–H and O–H groups in total. The second kappa shape index (κ2) is 9.51. The zero-order valence-electron chi connectivity index (χ0n) is 18.2. The molecule has 0 spiro atoms. The first kappa shape index (κ1) is 21.4. The Labute approximate surface area is 187 Å². The maximum absolute atomic E-state index is 13.2. The number of ether oxygens (including phenoxy) is 1. The van der Waals surface area contributed by atoms with Gasteiger partial charge < -0.3 is 14.2 Å². The standard InChI is InChI=1S/C25H26N4O3/c1-19(2)23-24(30)27(16-20-8-10-22(11-9-20)28-13-12-26-18-28)14-15-29(23)25(31)32-17-21-6-4-3-5-7-21/h3-15,18-19,23H,16-17H2,1-2H3. The summed E-state index contributed by atoms with van der Waals surface area (Å²) in [5, 5.41) is 0. The lowest BCUT2D eigenvalue weighted by Crippen LogP contribution is -2.53. The molecule has 0 saturated heterocycles. The van der Waals surface area contributed by atoms with Crippen LogP contribution in [0.3, 0.4) is 0 Å². The molecule has 1 atom stereocenters. The number of hydrogen-bond acceptors (Lipinski definition) is 4. The Kier molecular flexibility index (Phi) is 6.35. The minimum atomic E-state index is -0.617. The SMILES string of the molecule is CC(C)C1C(=O)N(Cc2ccc(-n3ccnc3)cc2)C=CN1C(=O)OCc1ccccc1. The molecule has 4 rings (SSSR count). The van der Waals surface area contributed by atoms with Crippen LogP contribution < -0.4 is 0 Å². The van der Waals surface area contributed by atoms with Crippen LogP contribution in [0.2, 0.25) is 0 Å². The maximum Gasteiger partial charge on any atom is 0.414 e. The summed E-state index contributed by atoms with van der Waals surface area (Å²) in [6.45, 7) is 4.44. The minimum absolute atomic E-state index is 0.0668. The van der Waals surface area contributed by atoms with Gasteiger partial charge in [0, 0.05) is 30.5 Å². The Balaban J connectivity index is 1.45. The Hall–Kier alpha value is -3.87. The van der Waals surface area contributed by atoms with Crippen molar-refractivity contribution in [2.24, 2.45) is 5.92 Å². The van der Waals surface area contributed by atoms with E-state index in [0.717, 1.165) is 16.8 Å². The molecule has 7 nitrogen and oxygen atoms in total. The second-order valence-electron chi connectivity index (χ2n) is 8.04. The van der Waals surface area contributed by atoms with Crippen LogP contribution in [0, 0.1) is 5.92 Å². The fraction of sp³-hybridized carbons (Fsp3) is 0.240. The predicted molar refractivity (Wildman–Crippen MR) is 120 cm³/mol. The van der Waals surface area contributed by atoms with Crippen molar-refractivity contribution in [3.63, 3.8) is 0 Å². The van der Waals surface area contributed by atoms with E-state index in [2.05, 4.69) is 4.98 Å². The highest BCUT2D eigenvalue weighted by atomic mass is 16.6. The number of rotatable bonds is 6. The first-order valence-corrected chi connectivity index (χ1v) is 10.6. The van der Waals surface area contributed by atoms with Gasteiger partial charge in [-0.15, -0.1) is 0 Å². The number of imidazole rings is 1. The molecule has 2 heterocycles. The molecule has 0 saturated carbocycles. The van der Waals surface area contributed by atoms with E-state index >= 15 is 0 Å². The number of benzene rings is 2. The number of carbonyl (C=O) groups excluding carboxylic acids is 2. The summed E-state index contributed by atoms with van der Waals surface area (Å²) in [6, 6.07) is 16.8. The zero-order chi connectivity index (χ0) is 22.5. The van der Waals surface area contributed by atoms with Gasteiger partial charge in [0.25, 0.3) is 0 Å². The van der Waals surface area contributed by atoms with Crippen LogP contribution in [0.25, 0.3) is 5.69 Å². The van der Waals surface area contributed by atoms with Crippen molar-refractivity contribution in [3.8, 4) is 5.69 Å². The largest absolute Gasteiger partial charge is 0.444 e. The van der Waals surface area contributed by atoms with Gasteiger partial charge in [-0.05, 0) is 29.2 Å². The first-order chi connectivity index (χ1) is 15.5. The van der Waals surface area contributed by atoms with E-state index in [1.54, 1.807) is 29.8 Å². The molecular formula is C25H26N4O3. The fourth-order valence-corrected chi connectivity index (χ4v) is 3.69. The second-order valence-corrected chi connectivity index (χ2v) is 8.04. The quantitative estimate of drug-likeness (QED) is 0.583. The van der Waals surface area contributed by atoms with Gasteiger partial charge in [0.05, 0.1) is 12.9 Å². The van der Waals surface area contributed by atoms with Gasteiger partial charge in [0.1, 0.15) is 12.6 Å². The molecule has 2 amide bonds. The molecule has 0 fully saturated rings. The van der Waals surface area contributed by atoms with Crippen molar-refractivity contribution in [2.75, 3.05) is 0 Å². The molecule has 1 unspecified atom stereocenters. The highest BCUT2D eigenvalue weighted by Gasteiger charge is 2.37. The molecule has 3 aromatic rings. The van der Waals surface area contributed by atoms with E-state index in [1.165, 1.54) is 4.90 Å². The number of amides is 2. The molecular weight excluding hydrogens is 404 g/mol. The van der Waals surface area contributed by atoms with E-state index in [4.69, 9.17) is 4.74 Å². The van der Waals surface area contributed by atoms with E-state index in [1.807, 2.05) is 79.2 Å². The number of carbonyl (C=O) groups is 2. The monoisotopic (exact) mass is 430 g/mol. The van der Waals surface area contributed by atoms with Crippen LogP contribution in [0.15, 0.2) is 85.7 Å². The van der Waals surface area contributed by atoms with Crippen molar-refractivity contribution in [3.05, 3.63) is 96.8 Å². The molecule has 32 heavy (non-hydrogen) atoms. The van der Waals surface area contributed by atoms with Crippen molar-refractivity contribution in [1.82, 2.24) is 19.4 Å². The lowest BCUT2D eigenvalue weighted by atomic mass is 10.00. The van der Waals surface area contributed by atoms with Gasteiger partial charge in [-0.25, -0.2) is 9.78 Å². The Morgan fingerprint density at radius 2 is 1.78 bits per heavy atom. The van der Waals surface area contributed by atoms with Gasteiger partial charge in [0.2, 0.25) is 5.91 Å². The molecule has 0 radical (unpaired) electrons. The maximum atomic E-state index is 13.2. The zero-order valence-corrected chi connectivity index (χ0v) is 18.2. The van der Waals surface area contributed by atoms with E-state index < -0.39 is 12.1 Å². The van der Waals surface area contributed by atoms with Crippen LogP contribution in [0.5, 0.6) is 0 Å². The highest BCUT2D eigenvalue weighted by molar-refractivity contribution is 5.88. The molecule has 164 valence electrons.